The van der Waals surface area contributed by atoms with E-state index in [0.717, 1.165) is 10.8 Å². The lowest BCUT2D eigenvalue weighted by Crippen LogP contribution is -2.14. The van der Waals surface area contributed by atoms with Gasteiger partial charge in [-0.2, -0.15) is 0 Å². The number of amides is 1. The normalized spacial score (nSPS) is 10.4. The monoisotopic (exact) mass is 265 g/mol. The van der Waals surface area contributed by atoms with Gasteiger partial charge < -0.3 is 5.11 Å². The van der Waals surface area contributed by atoms with Gasteiger partial charge in [0.15, 0.2) is 0 Å². The van der Waals surface area contributed by atoms with Gasteiger partial charge in [0.2, 0.25) is 5.95 Å². The Labute approximate surface area is 114 Å². The molecule has 0 radical (unpaired) electrons. The zero-order valence-corrected chi connectivity index (χ0v) is 10.4. The lowest BCUT2D eigenvalue weighted by Gasteiger charge is -2.07. The van der Waals surface area contributed by atoms with E-state index in [4.69, 9.17) is 0 Å². The zero-order valence-electron chi connectivity index (χ0n) is 10.4. The fraction of sp³-hybridized carbons (Fsp3) is 0. The van der Waals surface area contributed by atoms with E-state index in [2.05, 4.69) is 15.3 Å². The number of anilines is 1. The van der Waals surface area contributed by atoms with Crippen LogP contribution in [0.4, 0.5) is 5.95 Å². The summed E-state index contributed by atoms with van der Waals surface area (Å²) in [6, 6.07) is 12.4. The zero-order chi connectivity index (χ0) is 13.9. The summed E-state index contributed by atoms with van der Waals surface area (Å²) in [5, 5.41) is 14.2. The van der Waals surface area contributed by atoms with Gasteiger partial charge in [-0.05, 0) is 29.0 Å². The topological polar surface area (TPSA) is 75.1 Å². The highest BCUT2D eigenvalue weighted by Crippen LogP contribution is 2.25. The molecule has 2 N–H and O–H groups in total. The first kappa shape index (κ1) is 12.1. The van der Waals surface area contributed by atoms with Crippen LogP contribution in [0.3, 0.4) is 0 Å². The number of benzene rings is 2. The van der Waals surface area contributed by atoms with Gasteiger partial charge in [-0.25, -0.2) is 9.97 Å². The fourth-order valence-corrected chi connectivity index (χ4v) is 1.94. The molecule has 0 aliphatic carbocycles. The number of hydrogen-bond acceptors (Lipinski definition) is 4. The summed E-state index contributed by atoms with van der Waals surface area (Å²) in [7, 11) is 0. The number of phenolic OH excluding ortho intramolecular Hbond substituents is 1. The van der Waals surface area contributed by atoms with Crippen molar-refractivity contribution in [3.63, 3.8) is 0 Å². The quantitative estimate of drug-likeness (QED) is 0.746. The minimum absolute atomic E-state index is 0.0721. The Bertz CT molecular complexity index is 772. The molecule has 3 rings (SSSR count). The number of aromatic hydroxyl groups is 1. The van der Waals surface area contributed by atoms with Crippen LogP contribution in [-0.2, 0) is 0 Å². The van der Waals surface area contributed by atoms with Crippen molar-refractivity contribution in [1.82, 2.24) is 9.97 Å². The highest BCUT2D eigenvalue weighted by molar-refractivity contribution is 6.07. The van der Waals surface area contributed by atoms with E-state index in [0.29, 0.717) is 0 Å². The standard InChI is InChI=1S/C15H11N3O2/c19-13-9-11-5-2-1-4-10(11)8-12(13)14(20)18-15-16-6-3-7-17-15/h1-9,19H,(H,16,17,18,20). The predicted molar refractivity (Wildman–Crippen MR) is 75.6 cm³/mol. The van der Waals surface area contributed by atoms with Crippen molar-refractivity contribution in [2.45, 2.75) is 0 Å². The first-order valence-corrected chi connectivity index (χ1v) is 6.04. The number of carbonyl (C=O) groups excluding carboxylic acids is 1. The maximum Gasteiger partial charge on any atom is 0.261 e. The van der Waals surface area contributed by atoms with Gasteiger partial charge in [-0.1, -0.05) is 24.3 Å². The molecule has 20 heavy (non-hydrogen) atoms. The summed E-state index contributed by atoms with van der Waals surface area (Å²) in [5.74, 6) is -0.318. The van der Waals surface area contributed by atoms with E-state index in [1.54, 1.807) is 18.2 Å². The molecule has 5 heteroatoms. The average Bonchev–Trinajstić information content (AvgIpc) is 2.47. The Kier molecular flexibility index (Phi) is 3.01. The molecule has 98 valence electrons. The van der Waals surface area contributed by atoms with Crippen LogP contribution in [0, 0.1) is 0 Å². The molecule has 0 bridgehead atoms. The van der Waals surface area contributed by atoms with Crippen molar-refractivity contribution in [3.8, 4) is 5.75 Å². The summed E-state index contributed by atoms with van der Waals surface area (Å²) in [4.78, 5) is 20.0. The minimum atomic E-state index is -0.445. The van der Waals surface area contributed by atoms with Gasteiger partial charge in [0.05, 0.1) is 5.56 Å². The molecule has 0 atom stereocenters. The summed E-state index contributed by atoms with van der Waals surface area (Å²) >= 11 is 0. The molecular weight excluding hydrogens is 254 g/mol. The van der Waals surface area contributed by atoms with Crippen LogP contribution in [0.2, 0.25) is 0 Å². The van der Waals surface area contributed by atoms with Crippen LogP contribution in [0.25, 0.3) is 10.8 Å². The largest absolute Gasteiger partial charge is 0.507 e. The molecule has 0 unspecified atom stereocenters. The molecule has 5 nitrogen and oxygen atoms in total. The van der Waals surface area contributed by atoms with Crippen LogP contribution in [0.1, 0.15) is 10.4 Å². The van der Waals surface area contributed by atoms with Gasteiger partial charge in [0.1, 0.15) is 5.75 Å². The van der Waals surface area contributed by atoms with Crippen molar-refractivity contribution in [2.75, 3.05) is 5.32 Å². The number of rotatable bonds is 2. The second-order valence-corrected chi connectivity index (χ2v) is 4.24. The van der Waals surface area contributed by atoms with Crippen LogP contribution in [0.15, 0.2) is 54.9 Å². The maximum absolute atomic E-state index is 12.1. The average molecular weight is 265 g/mol. The molecule has 0 aliphatic rings. The highest BCUT2D eigenvalue weighted by Gasteiger charge is 2.13. The number of hydrogen-bond donors (Lipinski definition) is 2. The number of nitrogens with zero attached hydrogens (tertiary/aromatic N) is 2. The molecule has 0 fully saturated rings. The van der Waals surface area contributed by atoms with Crippen molar-refractivity contribution in [2.24, 2.45) is 0 Å². The predicted octanol–water partition coefficient (Wildman–Crippen LogP) is 2.59. The molecular formula is C15H11N3O2. The van der Waals surface area contributed by atoms with Crippen molar-refractivity contribution >= 4 is 22.6 Å². The molecule has 1 aromatic heterocycles. The van der Waals surface area contributed by atoms with Gasteiger partial charge in [-0.15, -0.1) is 0 Å². The van der Waals surface area contributed by atoms with Gasteiger partial charge in [0.25, 0.3) is 5.91 Å². The molecule has 1 heterocycles. The first-order chi connectivity index (χ1) is 9.74. The Morgan fingerprint density at radius 1 is 1.00 bits per heavy atom. The minimum Gasteiger partial charge on any atom is -0.507 e. The van der Waals surface area contributed by atoms with E-state index < -0.39 is 5.91 Å². The molecule has 2 aromatic carbocycles. The van der Waals surface area contributed by atoms with E-state index in [1.807, 2.05) is 24.3 Å². The van der Waals surface area contributed by atoms with Crippen LogP contribution >= 0.6 is 0 Å². The van der Waals surface area contributed by atoms with Crippen LogP contribution < -0.4 is 5.32 Å². The molecule has 1 amide bonds. The van der Waals surface area contributed by atoms with E-state index in [1.165, 1.54) is 12.4 Å². The molecule has 0 spiro atoms. The van der Waals surface area contributed by atoms with Gasteiger partial charge >= 0.3 is 0 Å². The number of fused-ring (bicyclic) bond motifs is 1. The number of phenols is 1. The smallest absolute Gasteiger partial charge is 0.261 e. The molecule has 0 saturated heterocycles. The number of aromatic nitrogens is 2. The summed E-state index contributed by atoms with van der Waals surface area (Å²) < 4.78 is 0. The van der Waals surface area contributed by atoms with Crippen molar-refractivity contribution in [1.29, 1.82) is 0 Å². The Morgan fingerprint density at radius 3 is 2.35 bits per heavy atom. The third kappa shape index (κ3) is 2.29. The van der Waals surface area contributed by atoms with Gasteiger partial charge in [-0.3, -0.25) is 10.1 Å². The summed E-state index contributed by atoms with van der Waals surface area (Å²) in [6.45, 7) is 0. The van der Waals surface area contributed by atoms with Crippen molar-refractivity contribution in [3.05, 3.63) is 60.4 Å². The lowest BCUT2D eigenvalue weighted by atomic mass is 10.1. The van der Waals surface area contributed by atoms with E-state index >= 15 is 0 Å². The Morgan fingerprint density at radius 2 is 1.65 bits per heavy atom. The van der Waals surface area contributed by atoms with E-state index in [9.17, 15) is 9.90 Å². The highest BCUT2D eigenvalue weighted by atomic mass is 16.3. The second-order valence-electron chi connectivity index (χ2n) is 4.24. The fourth-order valence-electron chi connectivity index (χ4n) is 1.94. The summed E-state index contributed by atoms with van der Waals surface area (Å²) in [5.41, 5.74) is 0.191. The number of nitrogens with one attached hydrogen (secondary N) is 1. The van der Waals surface area contributed by atoms with Crippen LogP contribution in [-0.4, -0.2) is 21.0 Å². The number of carbonyl (C=O) groups is 1. The van der Waals surface area contributed by atoms with Gasteiger partial charge in [0, 0.05) is 12.4 Å². The SMILES string of the molecule is O=C(Nc1ncccn1)c1cc2ccccc2cc1O. The third-order valence-electron chi connectivity index (χ3n) is 2.90. The van der Waals surface area contributed by atoms with Crippen LogP contribution in [0.5, 0.6) is 5.75 Å². The molecule has 0 aliphatic heterocycles. The van der Waals surface area contributed by atoms with Crippen molar-refractivity contribution < 1.29 is 9.90 Å². The lowest BCUT2D eigenvalue weighted by molar-refractivity contribution is 0.102. The maximum atomic E-state index is 12.1. The third-order valence-corrected chi connectivity index (χ3v) is 2.90. The summed E-state index contributed by atoms with van der Waals surface area (Å²) in [6.07, 6.45) is 3.06. The second kappa shape index (κ2) is 4.97. The molecule has 0 saturated carbocycles. The first-order valence-electron chi connectivity index (χ1n) is 6.04. The Hall–Kier alpha value is -2.95. The molecule has 3 aromatic rings. The van der Waals surface area contributed by atoms with E-state index in [-0.39, 0.29) is 17.3 Å². The Balaban J connectivity index is 1.97.